The molecule has 1 saturated carbocycles. The molecular weight excluding hydrogens is 926 g/mol. The molecule has 0 radical (unpaired) electrons. The van der Waals surface area contributed by atoms with Crippen molar-refractivity contribution in [1.29, 1.82) is 0 Å². The quantitative estimate of drug-likeness (QED) is 0.0112. The van der Waals surface area contributed by atoms with Gasteiger partial charge in [-0.1, -0.05) is 55.9 Å². The molecule has 0 heterocycles. The number of ketones is 1. The third kappa shape index (κ3) is 27.1. The highest BCUT2D eigenvalue weighted by Gasteiger charge is 2.34. The summed E-state index contributed by atoms with van der Waals surface area (Å²) < 4.78 is 105. The molecule has 2 amide bonds. The lowest BCUT2D eigenvalue weighted by Gasteiger charge is -2.39. The van der Waals surface area contributed by atoms with Crippen LogP contribution in [0.25, 0.3) is 0 Å². The van der Waals surface area contributed by atoms with Crippen molar-refractivity contribution in [3.63, 3.8) is 0 Å². The Bertz CT molecular complexity index is 1750. The summed E-state index contributed by atoms with van der Waals surface area (Å²) in [5.74, 6) is -9.36. The molecule has 70 heavy (non-hydrogen) atoms. The highest BCUT2D eigenvalue weighted by atomic mass is 19.2. The van der Waals surface area contributed by atoms with Crippen LogP contribution < -0.4 is 20.7 Å². The summed E-state index contributed by atoms with van der Waals surface area (Å²) >= 11 is 0. The van der Waals surface area contributed by atoms with Crippen LogP contribution in [0.5, 0.6) is 5.75 Å². The molecule has 3 N–H and O–H groups in total. The van der Waals surface area contributed by atoms with Crippen LogP contribution in [0.2, 0.25) is 0 Å². The summed E-state index contributed by atoms with van der Waals surface area (Å²) in [4.78, 5) is 51.0. The molecule has 0 saturated heterocycles. The SMILES string of the molecule is C#CCOCCOCCOCCNC(=O)CCC(CCC(C)=O)(CCC(=O)NCCOCCOCCOCC#C)NC(CCCCCCCCCCC(=O)Oc1c(F)c(F)c(F)c(F)c1F)=C1CCC1. The zero-order valence-corrected chi connectivity index (χ0v) is 40.9. The first-order chi connectivity index (χ1) is 33.8. The molecule has 0 aliphatic heterocycles. The predicted octanol–water partition coefficient (Wildman–Crippen LogP) is 7.48. The number of esters is 1. The Morgan fingerprint density at radius 2 is 0.929 bits per heavy atom. The van der Waals surface area contributed by atoms with Crippen molar-refractivity contribution in [2.45, 2.75) is 134 Å². The van der Waals surface area contributed by atoms with Gasteiger partial charge in [0.2, 0.25) is 46.6 Å². The minimum Gasteiger partial charge on any atom is -0.420 e. The molecule has 0 spiro atoms. The first kappa shape index (κ1) is 61.5. The lowest BCUT2D eigenvalue weighted by Crippen LogP contribution is -2.47. The third-order valence-corrected chi connectivity index (χ3v) is 11.4. The molecule has 1 fully saturated rings. The number of carbonyl (C=O) groups excluding carboxylic acids is 4. The van der Waals surface area contributed by atoms with Gasteiger partial charge in [0.15, 0.2) is 0 Å². The summed E-state index contributed by atoms with van der Waals surface area (Å²) in [6.45, 7) is 6.18. The molecule has 1 aromatic rings. The summed E-state index contributed by atoms with van der Waals surface area (Å²) in [5, 5.41) is 9.68. The van der Waals surface area contributed by atoms with Crippen LogP contribution in [0.1, 0.15) is 129 Å². The highest BCUT2D eigenvalue weighted by molar-refractivity contribution is 5.77. The fraction of sp³-hybridized carbons (Fsp3) is 0.686. The number of unbranched alkanes of at least 4 members (excludes halogenated alkanes) is 7. The van der Waals surface area contributed by atoms with Crippen LogP contribution in [0.3, 0.4) is 0 Å². The Morgan fingerprint density at radius 3 is 1.36 bits per heavy atom. The molecule has 19 heteroatoms. The molecule has 0 bridgehead atoms. The monoisotopic (exact) mass is 1000 g/mol. The standard InChI is InChI=1S/C51H74F5N3O11/c1-4-27-64-31-35-68-37-33-66-29-25-57-42(61)20-23-51(22-19-39(3)60,24-21-43(62)58-26-30-67-34-38-69-36-32-65-28-5-2)59-41(40-15-14-16-40)17-12-10-8-6-7-9-11-13-18-44(63)70-50-48(55)46(53)45(52)47(54)49(50)56/h1-2,59H,6-38H2,3H3,(H,57,61)(H,58,62). The number of amides is 2. The fourth-order valence-electron chi connectivity index (χ4n) is 7.30. The predicted molar refractivity (Wildman–Crippen MR) is 252 cm³/mol. The molecule has 0 aromatic heterocycles. The number of hydrogen-bond acceptors (Lipinski definition) is 12. The van der Waals surface area contributed by atoms with Gasteiger partial charge in [-0.05, 0) is 64.7 Å². The highest BCUT2D eigenvalue weighted by Crippen LogP contribution is 2.35. The number of ether oxygens (including phenoxy) is 7. The van der Waals surface area contributed by atoms with E-state index in [1.54, 1.807) is 0 Å². The van der Waals surface area contributed by atoms with Gasteiger partial charge in [-0.2, -0.15) is 8.78 Å². The smallest absolute Gasteiger partial charge is 0.311 e. The summed E-state index contributed by atoms with van der Waals surface area (Å²) in [6.07, 6.45) is 21.8. The molecule has 2 rings (SSSR count). The van der Waals surface area contributed by atoms with Crippen LogP contribution in [0.4, 0.5) is 22.0 Å². The van der Waals surface area contributed by atoms with Crippen molar-refractivity contribution in [3.05, 3.63) is 40.4 Å². The summed E-state index contributed by atoms with van der Waals surface area (Å²) in [7, 11) is 0. The Labute approximate surface area is 410 Å². The first-order valence-corrected chi connectivity index (χ1v) is 24.4. The number of halogens is 5. The number of nitrogens with one attached hydrogen (secondary N) is 3. The second-order valence-electron chi connectivity index (χ2n) is 16.9. The molecule has 1 aliphatic rings. The van der Waals surface area contributed by atoms with Crippen molar-refractivity contribution in [1.82, 2.24) is 16.0 Å². The average Bonchev–Trinajstić information content (AvgIpc) is 3.32. The van der Waals surface area contributed by atoms with Gasteiger partial charge in [0.25, 0.3) is 0 Å². The Kier molecular flexibility index (Phi) is 33.5. The van der Waals surface area contributed by atoms with Crippen molar-refractivity contribution in [3.8, 4) is 30.4 Å². The molecule has 0 unspecified atom stereocenters. The van der Waals surface area contributed by atoms with E-state index in [1.807, 2.05) is 0 Å². The fourth-order valence-corrected chi connectivity index (χ4v) is 7.30. The summed E-state index contributed by atoms with van der Waals surface area (Å²) in [5.41, 5.74) is 1.68. The maximum absolute atomic E-state index is 13.9. The van der Waals surface area contributed by atoms with Crippen LogP contribution in [-0.4, -0.2) is 121 Å². The van der Waals surface area contributed by atoms with E-state index in [1.165, 1.54) is 12.5 Å². The van der Waals surface area contributed by atoms with Crippen LogP contribution in [-0.2, 0) is 47.6 Å². The molecule has 0 atom stereocenters. The van der Waals surface area contributed by atoms with Gasteiger partial charge in [-0.3, -0.25) is 14.4 Å². The molecule has 1 aliphatic carbocycles. The van der Waals surface area contributed by atoms with E-state index in [0.717, 1.165) is 69.9 Å². The molecular formula is C51H74F5N3O11. The van der Waals surface area contributed by atoms with Crippen molar-refractivity contribution in [2.75, 3.05) is 92.4 Å². The zero-order valence-electron chi connectivity index (χ0n) is 40.9. The Hall–Kier alpha value is -4.63. The zero-order chi connectivity index (χ0) is 51.2. The van der Waals surface area contributed by atoms with E-state index in [4.69, 9.17) is 41.3 Å². The van der Waals surface area contributed by atoms with Gasteiger partial charge < -0.3 is 53.9 Å². The second-order valence-corrected chi connectivity index (χ2v) is 16.9. The number of Topliss-reactive ketones (excluding diaryl/α,β-unsaturated/α-hetero) is 1. The van der Waals surface area contributed by atoms with Gasteiger partial charge in [-0.25, -0.2) is 13.2 Å². The largest absolute Gasteiger partial charge is 0.420 e. The van der Waals surface area contributed by atoms with E-state index in [9.17, 15) is 41.1 Å². The lowest BCUT2D eigenvalue weighted by atomic mass is 9.80. The van der Waals surface area contributed by atoms with Crippen molar-refractivity contribution >= 4 is 23.6 Å². The minimum absolute atomic E-state index is 0.00412. The summed E-state index contributed by atoms with van der Waals surface area (Å²) in [6, 6.07) is 0. The topological polar surface area (TPSA) is 169 Å². The third-order valence-electron chi connectivity index (χ3n) is 11.4. The van der Waals surface area contributed by atoms with Gasteiger partial charge in [0.05, 0.1) is 66.1 Å². The normalized spacial score (nSPS) is 12.2. The number of benzene rings is 1. The lowest BCUT2D eigenvalue weighted by molar-refractivity contribution is -0.135. The van der Waals surface area contributed by atoms with E-state index >= 15 is 0 Å². The maximum Gasteiger partial charge on any atom is 0.311 e. The number of rotatable bonds is 43. The molecule has 1 aromatic carbocycles. The second kappa shape index (κ2) is 38.1. The van der Waals surface area contributed by atoms with Gasteiger partial charge in [0.1, 0.15) is 19.0 Å². The van der Waals surface area contributed by atoms with Crippen molar-refractivity contribution < 1.29 is 74.3 Å². The average molecular weight is 1000 g/mol. The van der Waals surface area contributed by atoms with E-state index < -0.39 is 46.3 Å². The minimum atomic E-state index is -2.33. The number of hydrogen-bond donors (Lipinski definition) is 3. The van der Waals surface area contributed by atoms with Gasteiger partial charge >= 0.3 is 5.97 Å². The van der Waals surface area contributed by atoms with Gasteiger partial charge in [0, 0.05) is 50.0 Å². The van der Waals surface area contributed by atoms with Crippen LogP contribution in [0, 0.1) is 53.8 Å². The van der Waals surface area contributed by atoms with Crippen LogP contribution >= 0.6 is 0 Å². The maximum atomic E-state index is 13.9. The number of allylic oxidation sites excluding steroid dienone is 2. The van der Waals surface area contributed by atoms with E-state index in [2.05, 4.69) is 32.5 Å². The first-order valence-electron chi connectivity index (χ1n) is 24.4. The Morgan fingerprint density at radius 1 is 0.529 bits per heavy atom. The molecule has 14 nitrogen and oxygen atoms in total. The number of terminal acetylenes is 2. The van der Waals surface area contributed by atoms with Crippen LogP contribution in [0.15, 0.2) is 11.3 Å². The van der Waals surface area contributed by atoms with E-state index in [0.29, 0.717) is 111 Å². The Balaban J connectivity index is 1.93. The molecule has 394 valence electrons. The van der Waals surface area contributed by atoms with Gasteiger partial charge in [-0.15, -0.1) is 12.8 Å². The van der Waals surface area contributed by atoms with E-state index in [-0.39, 0.29) is 56.5 Å². The number of carbonyl (C=O) groups is 4. The van der Waals surface area contributed by atoms with Crippen molar-refractivity contribution in [2.24, 2.45) is 0 Å².